The number of para-hydroxylation sites is 1. The maximum absolute atomic E-state index is 12.0. The van der Waals surface area contributed by atoms with Crippen LogP contribution in [0.2, 0.25) is 0 Å². The number of fused-ring (bicyclic) bond motifs is 1. The molecule has 0 bridgehead atoms. The van der Waals surface area contributed by atoms with Crippen LogP contribution in [-0.2, 0) is 4.79 Å². The lowest BCUT2D eigenvalue weighted by molar-refractivity contribution is -0.121. The van der Waals surface area contributed by atoms with Gasteiger partial charge in [-0.05, 0) is 24.5 Å². The maximum Gasteiger partial charge on any atom is 0.220 e. The van der Waals surface area contributed by atoms with E-state index in [0.717, 1.165) is 25.1 Å². The predicted molar refractivity (Wildman–Crippen MR) is 74.1 cm³/mol. The molecule has 1 amide bonds. The maximum atomic E-state index is 12.0. The van der Waals surface area contributed by atoms with E-state index < -0.39 is 0 Å². The second kappa shape index (κ2) is 4.85. The van der Waals surface area contributed by atoms with Crippen LogP contribution in [0.5, 0.6) is 0 Å². The van der Waals surface area contributed by atoms with Crippen LogP contribution in [0.1, 0.15) is 30.7 Å². The molecule has 1 aliphatic heterocycles. The first kappa shape index (κ1) is 12.5. The van der Waals surface area contributed by atoms with Crippen molar-refractivity contribution in [2.24, 2.45) is 5.41 Å². The third-order valence-electron chi connectivity index (χ3n) is 4.32. The molecule has 1 aromatic rings. The number of carbonyl (C=O) groups excluding carboxylic acids is 1. The van der Waals surface area contributed by atoms with Gasteiger partial charge >= 0.3 is 0 Å². The van der Waals surface area contributed by atoms with E-state index in [4.69, 9.17) is 0 Å². The first-order valence-electron chi connectivity index (χ1n) is 6.93. The first-order valence-corrected chi connectivity index (χ1v) is 6.93. The number of hydrogen-bond donors (Lipinski definition) is 3. The minimum absolute atomic E-state index is 0.0124. The fraction of sp³-hybridized carbons (Fsp3) is 0.533. The van der Waals surface area contributed by atoms with Crippen molar-refractivity contribution in [2.45, 2.75) is 25.2 Å². The van der Waals surface area contributed by atoms with Crippen LogP contribution in [0.25, 0.3) is 0 Å². The summed E-state index contributed by atoms with van der Waals surface area (Å²) in [5, 5.41) is 15.5. The lowest BCUT2D eigenvalue weighted by Crippen LogP contribution is -2.32. The molecule has 1 saturated carbocycles. The van der Waals surface area contributed by atoms with E-state index >= 15 is 0 Å². The number of nitrogens with one attached hydrogen (secondary N) is 2. The molecule has 3 N–H and O–H groups in total. The number of amides is 1. The zero-order chi connectivity index (χ0) is 13.3. The summed E-state index contributed by atoms with van der Waals surface area (Å²) in [6.07, 6.45) is 2.57. The highest BCUT2D eigenvalue weighted by Gasteiger charge is 2.42. The molecule has 0 saturated heterocycles. The van der Waals surface area contributed by atoms with Gasteiger partial charge in [-0.25, -0.2) is 0 Å². The molecular weight excluding hydrogens is 240 g/mol. The van der Waals surface area contributed by atoms with E-state index in [-0.39, 0.29) is 23.8 Å². The van der Waals surface area contributed by atoms with Gasteiger partial charge in [-0.1, -0.05) is 18.2 Å². The number of benzene rings is 1. The lowest BCUT2D eigenvalue weighted by atomic mass is 9.97. The van der Waals surface area contributed by atoms with Gasteiger partial charge in [0.15, 0.2) is 0 Å². The zero-order valence-corrected chi connectivity index (χ0v) is 11.0. The van der Waals surface area contributed by atoms with Gasteiger partial charge < -0.3 is 15.7 Å². The second-order valence-corrected chi connectivity index (χ2v) is 5.80. The number of aliphatic hydroxyl groups excluding tert-OH is 1. The summed E-state index contributed by atoms with van der Waals surface area (Å²) in [5.41, 5.74) is 2.37. The van der Waals surface area contributed by atoms with Gasteiger partial charge in [0.2, 0.25) is 5.91 Å². The summed E-state index contributed by atoms with van der Waals surface area (Å²) < 4.78 is 0. The Morgan fingerprint density at radius 2 is 2.21 bits per heavy atom. The molecule has 2 aliphatic rings. The molecule has 1 aliphatic carbocycles. The van der Waals surface area contributed by atoms with Crippen molar-refractivity contribution in [3.63, 3.8) is 0 Å². The van der Waals surface area contributed by atoms with Crippen LogP contribution in [0.4, 0.5) is 5.69 Å². The standard InChI is InChI=1S/C15H20N2O2/c18-10-15(5-6-15)9-17-14(19)7-11-8-16-13-4-2-1-3-12(11)13/h1-4,11,16,18H,5-10H2,(H,17,19). The van der Waals surface area contributed by atoms with Crippen molar-refractivity contribution in [1.29, 1.82) is 0 Å². The van der Waals surface area contributed by atoms with E-state index in [1.807, 2.05) is 12.1 Å². The predicted octanol–water partition coefficient (Wildman–Crippen LogP) is 1.47. The SMILES string of the molecule is O=C(CC1CNc2ccccc21)NCC1(CO)CC1. The van der Waals surface area contributed by atoms with Crippen molar-refractivity contribution in [2.75, 3.05) is 25.0 Å². The molecule has 1 aromatic carbocycles. The van der Waals surface area contributed by atoms with E-state index in [2.05, 4.69) is 22.8 Å². The van der Waals surface area contributed by atoms with Crippen molar-refractivity contribution in [3.05, 3.63) is 29.8 Å². The molecule has 1 heterocycles. The minimum atomic E-state index is -0.0124. The summed E-state index contributed by atoms with van der Waals surface area (Å²) in [6, 6.07) is 8.16. The van der Waals surface area contributed by atoms with E-state index in [0.29, 0.717) is 13.0 Å². The Bertz CT molecular complexity index is 483. The van der Waals surface area contributed by atoms with Crippen LogP contribution in [-0.4, -0.2) is 30.7 Å². The molecule has 0 aromatic heterocycles. The Hall–Kier alpha value is -1.55. The highest BCUT2D eigenvalue weighted by molar-refractivity contribution is 5.78. The average Bonchev–Trinajstić information content (AvgIpc) is 3.13. The Kier molecular flexibility index (Phi) is 3.19. The number of carbonyl (C=O) groups is 1. The first-order chi connectivity index (χ1) is 9.22. The fourth-order valence-electron chi connectivity index (χ4n) is 2.69. The van der Waals surface area contributed by atoms with E-state index in [1.54, 1.807) is 0 Å². The number of hydrogen-bond acceptors (Lipinski definition) is 3. The average molecular weight is 260 g/mol. The fourth-order valence-corrected chi connectivity index (χ4v) is 2.69. The largest absolute Gasteiger partial charge is 0.396 e. The van der Waals surface area contributed by atoms with E-state index in [9.17, 15) is 9.90 Å². The summed E-state index contributed by atoms with van der Waals surface area (Å²) in [5.74, 6) is 0.351. The Morgan fingerprint density at radius 1 is 1.42 bits per heavy atom. The molecule has 4 heteroatoms. The summed E-state index contributed by atoms with van der Waals surface area (Å²) in [6.45, 7) is 1.63. The van der Waals surface area contributed by atoms with Crippen molar-refractivity contribution >= 4 is 11.6 Å². The third-order valence-corrected chi connectivity index (χ3v) is 4.32. The van der Waals surface area contributed by atoms with Gasteiger partial charge in [-0.15, -0.1) is 0 Å². The summed E-state index contributed by atoms with van der Waals surface area (Å²) in [7, 11) is 0. The summed E-state index contributed by atoms with van der Waals surface area (Å²) in [4.78, 5) is 12.0. The lowest BCUT2D eigenvalue weighted by Gasteiger charge is -2.14. The highest BCUT2D eigenvalue weighted by Crippen LogP contribution is 2.44. The molecular formula is C15H20N2O2. The van der Waals surface area contributed by atoms with Crippen LogP contribution >= 0.6 is 0 Å². The van der Waals surface area contributed by atoms with Crippen LogP contribution in [0.15, 0.2) is 24.3 Å². The second-order valence-electron chi connectivity index (χ2n) is 5.80. The zero-order valence-electron chi connectivity index (χ0n) is 11.0. The van der Waals surface area contributed by atoms with Gasteiger partial charge in [0.25, 0.3) is 0 Å². The third kappa shape index (κ3) is 2.59. The van der Waals surface area contributed by atoms with Crippen molar-refractivity contribution in [1.82, 2.24) is 5.32 Å². The van der Waals surface area contributed by atoms with E-state index in [1.165, 1.54) is 5.56 Å². The highest BCUT2D eigenvalue weighted by atomic mass is 16.3. The van der Waals surface area contributed by atoms with Crippen LogP contribution in [0.3, 0.4) is 0 Å². The van der Waals surface area contributed by atoms with Gasteiger partial charge in [-0.3, -0.25) is 4.79 Å². The normalized spacial score (nSPS) is 22.5. The van der Waals surface area contributed by atoms with Gasteiger partial charge in [0.05, 0.1) is 6.61 Å². The van der Waals surface area contributed by atoms with Gasteiger partial charge in [-0.2, -0.15) is 0 Å². The molecule has 19 heavy (non-hydrogen) atoms. The molecule has 0 spiro atoms. The smallest absolute Gasteiger partial charge is 0.220 e. The number of aliphatic hydroxyl groups is 1. The summed E-state index contributed by atoms with van der Waals surface area (Å²) >= 11 is 0. The molecule has 1 fully saturated rings. The number of anilines is 1. The van der Waals surface area contributed by atoms with Gasteiger partial charge in [0.1, 0.15) is 0 Å². The molecule has 1 unspecified atom stereocenters. The van der Waals surface area contributed by atoms with Crippen molar-refractivity contribution in [3.8, 4) is 0 Å². The minimum Gasteiger partial charge on any atom is -0.396 e. The monoisotopic (exact) mass is 260 g/mol. The number of rotatable bonds is 5. The van der Waals surface area contributed by atoms with Crippen LogP contribution in [0, 0.1) is 5.41 Å². The van der Waals surface area contributed by atoms with Crippen molar-refractivity contribution < 1.29 is 9.90 Å². The Labute approximate surface area is 113 Å². The molecule has 3 rings (SSSR count). The van der Waals surface area contributed by atoms with Gasteiger partial charge in [0, 0.05) is 36.5 Å². The quantitative estimate of drug-likeness (QED) is 0.751. The Morgan fingerprint density at radius 3 is 2.95 bits per heavy atom. The topological polar surface area (TPSA) is 61.4 Å². The molecule has 4 nitrogen and oxygen atoms in total. The Balaban J connectivity index is 1.53. The molecule has 102 valence electrons. The van der Waals surface area contributed by atoms with Crippen LogP contribution < -0.4 is 10.6 Å². The molecule has 0 radical (unpaired) electrons. The molecule has 1 atom stereocenters.